The molecule has 32 heavy (non-hydrogen) atoms. The molecule has 1 saturated heterocycles. The topological polar surface area (TPSA) is 82.5 Å². The van der Waals surface area contributed by atoms with Crippen LogP contribution in [0.2, 0.25) is 0 Å². The normalized spacial score (nSPS) is 13.8. The van der Waals surface area contributed by atoms with Gasteiger partial charge in [-0.25, -0.2) is 0 Å². The van der Waals surface area contributed by atoms with Crippen molar-refractivity contribution in [3.05, 3.63) is 72.7 Å². The number of aromatic nitrogens is 4. The Kier molecular flexibility index (Phi) is 6.02. The summed E-state index contributed by atoms with van der Waals surface area (Å²) >= 11 is 0. The predicted octanol–water partition coefficient (Wildman–Crippen LogP) is 3.67. The summed E-state index contributed by atoms with van der Waals surface area (Å²) in [5.74, 6) is 1.79. The number of para-hydroxylation sites is 1. The monoisotopic (exact) mass is 429 g/mol. The second-order valence-corrected chi connectivity index (χ2v) is 7.30. The van der Waals surface area contributed by atoms with Crippen LogP contribution in [-0.4, -0.2) is 52.8 Å². The largest absolute Gasteiger partial charge is 0.463 e. The van der Waals surface area contributed by atoms with Crippen molar-refractivity contribution in [2.75, 3.05) is 37.8 Å². The Labute approximate surface area is 185 Å². The Morgan fingerprint density at radius 1 is 0.906 bits per heavy atom. The van der Waals surface area contributed by atoms with Crippen molar-refractivity contribution in [2.45, 2.75) is 6.42 Å². The molecule has 162 valence electrons. The van der Waals surface area contributed by atoms with Crippen LogP contribution in [0.4, 0.5) is 5.82 Å². The Morgan fingerprint density at radius 3 is 2.66 bits per heavy atom. The first-order chi connectivity index (χ1) is 15.8. The molecule has 0 spiro atoms. The van der Waals surface area contributed by atoms with E-state index in [1.165, 1.54) is 0 Å². The van der Waals surface area contributed by atoms with Gasteiger partial charge in [-0.1, -0.05) is 24.3 Å². The number of rotatable bonds is 7. The smallest absolute Gasteiger partial charge is 0.321 e. The van der Waals surface area contributed by atoms with Gasteiger partial charge in [0.15, 0.2) is 5.75 Å². The fourth-order valence-corrected chi connectivity index (χ4v) is 3.53. The fraction of sp³-hybridized carbons (Fsp3) is 0.250. The first-order valence-corrected chi connectivity index (χ1v) is 10.6. The van der Waals surface area contributed by atoms with Crippen molar-refractivity contribution in [2.24, 2.45) is 0 Å². The highest BCUT2D eigenvalue weighted by Crippen LogP contribution is 2.30. The molecule has 1 fully saturated rings. The van der Waals surface area contributed by atoms with Crippen LogP contribution < -0.4 is 14.4 Å². The molecule has 1 aromatic carbocycles. The molecular formula is C24H23N5O3. The van der Waals surface area contributed by atoms with Gasteiger partial charge in [-0.15, -0.1) is 0 Å². The van der Waals surface area contributed by atoms with Gasteiger partial charge in [0.1, 0.15) is 11.3 Å². The van der Waals surface area contributed by atoms with Gasteiger partial charge in [0.2, 0.25) is 5.88 Å². The van der Waals surface area contributed by atoms with Crippen LogP contribution in [0.5, 0.6) is 17.6 Å². The van der Waals surface area contributed by atoms with E-state index >= 15 is 0 Å². The molecule has 3 aromatic heterocycles. The maximum absolute atomic E-state index is 6.16. The lowest BCUT2D eigenvalue weighted by molar-refractivity contribution is 0.122. The molecule has 0 saturated carbocycles. The zero-order valence-corrected chi connectivity index (χ0v) is 17.6. The SMILES string of the molecule is c1ccc(CCOc2nc(Oc3cccc4cccnc34)cc(N3CCOCC3)n2)nc1. The predicted molar refractivity (Wildman–Crippen MR) is 120 cm³/mol. The quantitative estimate of drug-likeness (QED) is 0.440. The fourth-order valence-electron chi connectivity index (χ4n) is 3.53. The number of anilines is 1. The summed E-state index contributed by atoms with van der Waals surface area (Å²) in [6.45, 7) is 3.23. The summed E-state index contributed by atoms with van der Waals surface area (Å²) in [7, 11) is 0. The summed E-state index contributed by atoms with van der Waals surface area (Å²) < 4.78 is 17.5. The Morgan fingerprint density at radius 2 is 1.78 bits per heavy atom. The minimum Gasteiger partial charge on any atom is -0.463 e. The molecule has 8 heteroatoms. The van der Waals surface area contributed by atoms with Crippen molar-refractivity contribution in [3.8, 4) is 17.6 Å². The zero-order chi connectivity index (χ0) is 21.6. The van der Waals surface area contributed by atoms with Crippen LogP contribution in [0.25, 0.3) is 10.9 Å². The molecule has 0 unspecified atom stereocenters. The number of fused-ring (bicyclic) bond motifs is 1. The van der Waals surface area contributed by atoms with Crippen molar-refractivity contribution in [1.82, 2.24) is 19.9 Å². The zero-order valence-electron chi connectivity index (χ0n) is 17.6. The number of pyridine rings is 2. The van der Waals surface area contributed by atoms with Crippen molar-refractivity contribution in [3.63, 3.8) is 0 Å². The van der Waals surface area contributed by atoms with E-state index in [-0.39, 0.29) is 6.01 Å². The Bertz CT molecular complexity index is 1180. The van der Waals surface area contributed by atoms with Crippen LogP contribution in [0, 0.1) is 0 Å². The maximum Gasteiger partial charge on any atom is 0.321 e. The third-order valence-electron chi connectivity index (χ3n) is 5.13. The van der Waals surface area contributed by atoms with Crippen LogP contribution in [0.3, 0.4) is 0 Å². The molecular weight excluding hydrogens is 406 g/mol. The van der Waals surface area contributed by atoms with Crippen LogP contribution in [0.15, 0.2) is 67.0 Å². The van der Waals surface area contributed by atoms with E-state index < -0.39 is 0 Å². The highest BCUT2D eigenvalue weighted by atomic mass is 16.5. The molecule has 0 N–H and O–H groups in total. The van der Waals surface area contributed by atoms with E-state index in [2.05, 4.69) is 24.8 Å². The number of hydrogen-bond acceptors (Lipinski definition) is 8. The maximum atomic E-state index is 6.16. The number of morpholine rings is 1. The van der Waals surface area contributed by atoms with Crippen LogP contribution in [-0.2, 0) is 11.2 Å². The third-order valence-corrected chi connectivity index (χ3v) is 5.13. The van der Waals surface area contributed by atoms with E-state index in [4.69, 9.17) is 14.2 Å². The molecule has 0 atom stereocenters. The van der Waals surface area contributed by atoms with Crippen LogP contribution in [0.1, 0.15) is 5.69 Å². The minimum absolute atomic E-state index is 0.271. The summed E-state index contributed by atoms with van der Waals surface area (Å²) in [5.41, 5.74) is 1.73. The highest BCUT2D eigenvalue weighted by Gasteiger charge is 2.17. The molecule has 0 radical (unpaired) electrons. The molecule has 4 aromatic rings. The summed E-state index contributed by atoms with van der Waals surface area (Å²) in [5, 5.41) is 0.999. The van der Waals surface area contributed by atoms with Gasteiger partial charge in [0.05, 0.1) is 19.8 Å². The van der Waals surface area contributed by atoms with Crippen molar-refractivity contribution in [1.29, 1.82) is 0 Å². The molecule has 0 aliphatic carbocycles. The van der Waals surface area contributed by atoms with E-state index in [1.54, 1.807) is 12.4 Å². The Hall–Kier alpha value is -3.78. The van der Waals surface area contributed by atoms with Gasteiger partial charge < -0.3 is 19.1 Å². The third kappa shape index (κ3) is 4.76. The van der Waals surface area contributed by atoms with E-state index in [0.717, 1.165) is 35.5 Å². The summed E-state index contributed by atoms with van der Waals surface area (Å²) in [4.78, 5) is 20.0. The molecule has 0 bridgehead atoms. The molecule has 8 nitrogen and oxygen atoms in total. The van der Waals surface area contributed by atoms with E-state index in [0.29, 0.717) is 37.9 Å². The lowest BCUT2D eigenvalue weighted by Gasteiger charge is -2.28. The van der Waals surface area contributed by atoms with Gasteiger partial charge in [-0.2, -0.15) is 9.97 Å². The minimum atomic E-state index is 0.271. The van der Waals surface area contributed by atoms with Gasteiger partial charge >= 0.3 is 6.01 Å². The summed E-state index contributed by atoms with van der Waals surface area (Å²) in [6, 6.07) is 17.7. The van der Waals surface area contributed by atoms with Crippen molar-refractivity contribution >= 4 is 16.7 Å². The number of nitrogens with zero attached hydrogens (tertiary/aromatic N) is 5. The summed E-state index contributed by atoms with van der Waals surface area (Å²) in [6.07, 6.45) is 4.19. The Balaban J connectivity index is 1.40. The van der Waals surface area contributed by atoms with Gasteiger partial charge in [-0.3, -0.25) is 9.97 Å². The lowest BCUT2D eigenvalue weighted by Crippen LogP contribution is -2.36. The second kappa shape index (κ2) is 9.57. The average molecular weight is 429 g/mol. The molecule has 5 rings (SSSR count). The van der Waals surface area contributed by atoms with E-state index in [1.807, 2.05) is 54.6 Å². The molecule has 4 heterocycles. The van der Waals surface area contributed by atoms with Gasteiger partial charge in [0, 0.05) is 49.1 Å². The van der Waals surface area contributed by atoms with Crippen LogP contribution >= 0.6 is 0 Å². The second-order valence-electron chi connectivity index (χ2n) is 7.30. The number of hydrogen-bond donors (Lipinski definition) is 0. The highest BCUT2D eigenvalue weighted by molar-refractivity contribution is 5.84. The first-order valence-electron chi connectivity index (χ1n) is 10.6. The first kappa shape index (κ1) is 20.1. The average Bonchev–Trinajstić information content (AvgIpc) is 2.85. The number of benzene rings is 1. The van der Waals surface area contributed by atoms with Gasteiger partial charge in [0.25, 0.3) is 0 Å². The van der Waals surface area contributed by atoms with E-state index in [9.17, 15) is 0 Å². The molecule has 1 aliphatic rings. The molecule has 1 aliphatic heterocycles. The molecule has 0 amide bonds. The van der Waals surface area contributed by atoms with Crippen molar-refractivity contribution < 1.29 is 14.2 Å². The number of ether oxygens (including phenoxy) is 3. The lowest BCUT2D eigenvalue weighted by atomic mass is 10.2. The van der Waals surface area contributed by atoms with Gasteiger partial charge in [-0.05, 0) is 24.3 Å². The standard InChI is InChI=1S/C24H23N5O3/c1-2-10-25-19(7-1)9-14-31-24-27-21(29-12-15-30-16-13-29)17-22(28-24)32-20-8-3-5-18-6-4-11-26-23(18)20/h1-8,10-11,17H,9,12-16H2.